The summed E-state index contributed by atoms with van der Waals surface area (Å²) in [5.74, 6) is 0.965. The molecule has 136 valence electrons. The van der Waals surface area contributed by atoms with Crippen LogP contribution in [-0.4, -0.2) is 9.97 Å². The number of nitrogens with two attached hydrogens (primary N) is 1. The molecular weight excluding hydrogens is 432 g/mol. The molecule has 0 atom stereocenters. The van der Waals surface area contributed by atoms with E-state index in [9.17, 15) is 0 Å². The van der Waals surface area contributed by atoms with Crippen LogP contribution in [0.2, 0.25) is 0 Å². The maximum Gasteiger partial charge on any atom is 0.222 e. The second kappa shape index (κ2) is 6.89. The molecule has 4 nitrogen and oxygen atoms in total. The smallest absolute Gasteiger partial charge is 0.222 e. The molecule has 0 amide bonds. The SMILES string of the molecule is Nc1nc(N(Br)c2ccccc2)c2cc(-c3csc4ccccc34)ccc2n1. The Balaban J connectivity index is 1.72. The molecule has 0 saturated carbocycles. The first-order valence-corrected chi connectivity index (χ1v) is 10.3. The van der Waals surface area contributed by atoms with Gasteiger partial charge in [0.15, 0.2) is 5.82 Å². The van der Waals surface area contributed by atoms with Crippen LogP contribution in [0.4, 0.5) is 17.5 Å². The molecule has 0 bridgehead atoms. The number of benzene rings is 3. The fraction of sp³-hybridized carbons (Fsp3) is 0. The fourth-order valence-electron chi connectivity index (χ4n) is 3.33. The largest absolute Gasteiger partial charge is 0.368 e. The van der Waals surface area contributed by atoms with Crippen LogP contribution in [0.5, 0.6) is 0 Å². The van der Waals surface area contributed by atoms with Gasteiger partial charge in [0.2, 0.25) is 5.95 Å². The number of thiophene rings is 1. The normalized spacial score (nSPS) is 11.2. The summed E-state index contributed by atoms with van der Waals surface area (Å²) in [7, 11) is 0. The predicted molar refractivity (Wildman–Crippen MR) is 122 cm³/mol. The van der Waals surface area contributed by atoms with Crippen molar-refractivity contribution in [2.24, 2.45) is 0 Å². The highest BCUT2D eigenvalue weighted by atomic mass is 79.9. The number of nitrogen functional groups attached to an aromatic ring is 1. The van der Waals surface area contributed by atoms with Crippen LogP contribution in [0.3, 0.4) is 0 Å². The molecule has 0 aliphatic rings. The lowest BCUT2D eigenvalue weighted by atomic mass is 10.0. The fourth-order valence-corrected chi connectivity index (χ4v) is 4.81. The number of hydrogen-bond donors (Lipinski definition) is 1. The third-order valence-corrected chi connectivity index (χ3v) is 6.36. The van der Waals surface area contributed by atoms with E-state index in [1.165, 1.54) is 15.6 Å². The average Bonchev–Trinajstić information content (AvgIpc) is 3.17. The van der Waals surface area contributed by atoms with Crippen LogP contribution in [0, 0.1) is 0 Å². The van der Waals surface area contributed by atoms with Gasteiger partial charge in [0, 0.05) is 21.0 Å². The Morgan fingerprint density at radius 1 is 0.857 bits per heavy atom. The summed E-state index contributed by atoms with van der Waals surface area (Å²) in [4.78, 5) is 8.93. The molecule has 0 spiro atoms. The highest BCUT2D eigenvalue weighted by molar-refractivity contribution is 9.10. The summed E-state index contributed by atoms with van der Waals surface area (Å²) >= 11 is 5.41. The zero-order chi connectivity index (χ0) is 19.1. The van der Waals surface area contributed by atoms with Crippen LogP contribution in [-0.2, 0) is 0 Å². The molecule has 6 heteroatoms. The van der Waals surface area contributed by atoms with Crippen molar-refractivity contribution in [3.8, 4) is 11.1 Å². The van der Waals surface area contributed by atoms with Crippen molar-refractivity contribution in [2.45, 2.75) is 0 Å². The summed E-state index contributed by atoms with van der Waals surface area (Å²) in [5, 5.41) is 4.39. The lowest BCUT2D eigenvalue weighted by Gasteiger charge is -2.18. The van der Waals surface area contributed by atoms with Crippen LogP contribution in [0.25, 0.3) is 32.1 Å². The molecule has 5 rings (SSSR count). The van der Waals surface area contributed by atoms with E-state index in [1.54, 1.807) is 11.3 Å². The van der Waals surface area contributed by atoms with E-state index in [0.29, 0.717) is 0 Å². The van der Waals surface area contributed by atoms with Crippen LogP contribution in [0.1, 0.15) is 0 Å². The monoisotopic (exact) mass is 446 g/mol. The van der Waals surface area contributed by atoms with Gasteiger partial charge in [0.05, 0.1) is 27.4 Å². The van der Waals surface area contributed by atoms with Gasteiger partial charge in [-0.15, -0.1) is 11.3 Å². The van der Waals surface area contributed by atoms with Gasteiger partial charge in [-0.1, -0.05) is 42.5 Å². The molecular formula is C22H15BrN4S. The molecule has 2 aromatic heterocycles. The van der Waals surface area contributed by atoms with E-state index < -0.39 is 0 Å². The first kappa shape index (κ1) is 17.2. The first-order valence-electron chi connectivity index (χ1n) is 8.75. The van der Waals surface area contributed by atoms with Crippen molar-refractivity contribution in [2.75, 3.05) is 9.66 Å². The van der Waals surface area contributed by atoms with Gasteiger partial charge in [0.1, 0.15) is 0 Å². The summed E-state index contributed by atoms with van der Waals surface area (Å²) < 4.78 is 3.14. The molecule has 0 unspecified atom stereocenters. The molecule has 0 radical (unpaired) electrons. The van der Waals surface area contributed by atoms with Gasteiger partial charge < -0.3 is 5.73 Å². The maximum atomic E-state index is 5.98. The zero-order valence-electron chi connectivity index (χ0n) is 14.7. The Kier molecular flexibility index (Phi) is 4.22. The van der Waals surface area contributed by atoms with E-state index in [-0.39, 0.29) is 5.95 Å². The molecule has 0 fully saturated rings. The van der Waals surface area contributed by atoms with E-state index in [0.717, 1.165) is 28.0 Å². The molecule has 3 aromatic carbocycles. The Labute approximate surface area is 174 Å². The lowest BCUT2D eigenvalue weighted by molar-refractivity contribution is 1.21. The standard InChI is InChI=1S/C22H15BrN4S/c23-27(15-6-2-1-3-7-15)21-17-12-14(10-11-19(17)25-22(24)26-21)18-13-28-20-9-5-4-8-16(18)20/h1-13H,(H2,24,25,26). The third kappa shape index (κ3) is 2.91. The summed E-state index contributed by atoms with van der Waals surface area (Å²) in [6, 6.07) is 24.7. The van der Waals surface area contributed by atoms with Crippen LogP contribution < -0.4 is 9.66 Å². The van der Waals surface area contributed by atoms with Gasteiger partial charge >= 0.3 is 0 Å². The summed E-state index contributed by atoms with van der Waals surface area (Å²) in [6.07, 6.45) is 0. The van der Waals surface area contributed by atoms with Crippen molar-refractivity contribution in [3.05, 3.63) is 78.2 Å². The van der Waals surface area contributed by atoms with Crippen molar-refractivity contribution in [1.29, 1.82) is 0 Å². The van der Waals surface area contributed by atoms with Gasteiger partial charge in [-0.05, 0) is 41.3 Å². The molecule has 0 aliphatic heterocycles. The Hall–Kier alpha value is -2.96. The van der Waals surface area contributed by atoms with Crippen molar-refractivity contribution in [3.63, 3.8) is 0 Å². The Bertz CT molecular complexity index is 1300. The van der Waals surface area contributed by atoms with Crippen molar-refractivity contribution < 1.29 is 0 Å². The van der Waals surface area contributed by atoms with Crippen LogP contribution in [0.15, 0.2) is 78.2 Å². The van der Waals surface area contributed by atoms with Gasteiger partial charge in [-0.25, -0.2) is 4.98 Å². The van der Waals surface area contributed by atoms with E-state index >= 15 is 0 Å². The number of para-hydroxylation sites is 1. The summed E-state index contributed by atoms with van der Waals surface area (Å²) in [6.45, 7) is 0. The Morgan fingerprint density at radius 2 is 1.64 bits per heavy atom. The van der Waals surface area contributed by atoms with Crippen molar-refractivity contribution in [1.82, 2.24) is 9.97 Å². The average molecular weight is 447 g/mol. The maximum absolute atomic E-state index is 5.98. The molecule has 2 N–H and O–H groups in total. The second-order valence-electron chi connectivity index (χ2n) is 6.40. The molecule has 0 saturated heterocycles. The number of nitrogens with zero attached hydrogens (tertiary/aromatic N) is 3. The number of rotatable bonds is 3. The third-order valence-electron chi connectivity index (χ3n) is 4.65. The molecule has 0 aliphatic carbocycles. The predicted octanol–water partition coefficient (Wildman–Crippen LogP) is 6.54. The molecule has 5 aromatic rings. The van der Waals surface area contributed by atoms with E-state index in [1.807, 2.05) is 40.3 Å². The highest BCUT2D eigenvalue weighted by Crippen LogP contribution is 2.38. The topological polar surface area (TPSA) is 55.0 Å². The number of fused-ring (bicyclic) bond motifs is 2. The minimum Gasteiger partial charge on any atom is -0.368 e. The minimum absolute atomic E-state index is 0.247. The molecule has 2 heterocycles. The van der Waals surface area contributed by atoms with E-state index in [2.05, 4.69) is 67.9 Å². The van der Waals surface area contributed by atoms with Gasteiger partial charge in [0.25, 0.3) is 0 Å². The number of halogens is 1. The second-order valence-corrected chi connectivity index (χ2v) is 8.02. The quantitative estimate of drug-likeness (QED) is 0.319. The highest BCUT2D eigenvalue weighted by Gasteiger charge is 2.15. The molecule has 28 heavy (non-hydrogen) atoms. The number of anilines is 3. The van der Waals surface area contributed by atoms with E-state index in [4.69, 9.17) is 5.73 Å². The number of aromatic nitrogens is 2. The zero-order valence-corrected chi connectivity index (χ0v) is 17.1. The minimum atomic E-state index is 0.247. The first-order chi connectivity index (χ1) is 13.7. The van der Waals surface area contributed by atoms with Crippen LogP contribution >= 0.6 is 27.5 Å². The van der Waals surface area contributed by atoms with Gasteiger partial charge in [-0.2, -0.15) is 4.98 Å². The summed E-state index contributed by atoms with van der Waals surface area (Å²) in [5.41, 5.74) is 10.1. The van der Waals surface area contributed by atoms with Crippen molar-refractivity contribution >= 4 is 65.9 Å². The number of hydrogen-bond acceptors (Lipinski definition) is 5. The Morgan fingerprint density at radius 3 is 2.50 bits per heavy atom. The lowest BCUT2D eigenvalue weighted by Crippen LogP contribution is -2.07. The van der Waals surface area contributed by atoms with Gasteiger partial charge in [-0.3, -0.25) is 3.93 Å².